The molecule has 1 saturated heterocycles. The Kier molecular flexibility index (Phi) is 2.33. The number of nitrogens with one attached hydrogen (secondary N) is 1. The van der Waals surface area contributed by atoms with Crippen molar-refractivity contribution < 1.29 is 9.84 Å². The Balaban J connectivity index is 2.41. The lowest BCUT2D eigenvalue weighted by molar-refractivity contribution is 0.341. The van der Waals surface area contributed by atoms with Gasteiger partial charge >= 0.3 is 0 Å². The van der Waals surface area contributed by atoms with E-state index in [0.717, 1.165) is 24.1 Å². The molecule has 14 heavy (non-hydrogen) atoms. The van der Waals surface area contributed by atoms with Gasteiger partial charge in [-0.3, -0.25) is 0 Å². The molecule has 0 aliphatic carbocycles. The van der Waals surface area contributed by atoms with Crippen LogP contribution in [0.15, 0.2) is 12.1 Å². The van der Waals surface area contributed by atoms with Crippen LogP contribution in [-0.4, -0.2) is 18.8 Å². The summed E-state index contributed by atoms with van der Waals surface area (Å²) in [5, 5.41) is 13.1. The highest BCUT2D eigenvalue weighted by molar-refractivity contribution is 5.50. The van der Waals surface area contributed by atoms with Crippen molar-refractivity contribution in [2.45, 2.75) is 19.4 Å². The standard InChI is InChI=1S/C11H15NO2/c1-7-5-8(9-3-4-12-9)11(13)10(6-7)14-2/h5-6,9,12-13H,3-4H2,1-2H3/t9-/m1/s1. The lowest BCUT2D eigenvalue weighted by atomic mass is 9.95. The maximum atomic E-state index is 9.88. The van der Waals surface area contributed by atoms with Crippen LogP contribution in [0.1, 0.15) is 23.6 Å². The van der Waals surface area contributed by atoms with Crippen LogP contribution in [0.4, 0.5) is 0 Å². The van der Waals surface area contributed by atoms with Gasteiger partial charge in [0.2, 0.25) is 0 Å². The normalized spacial score (nSPS) is 20.3. The number of methoxy groups -OCH3 is 1. The maximum absolute atomic E-state index is 9.88. The van der Waals surface area contributed by atoms with Crippen molar-refractivity contribution in [1.82, 2.24) is 5.32 Å². The SMILES string of the molecule is COc1cc(C)cc([C@H]2CCN2)c1O. The predicted octanol–water partition coefficient (Wildman–Crippen LogP) is 1.74. The quantitative estimate of drug-likeness (QED) is 0.751. The number of hydrogen-bond donors (Lipinski definition) is 2. The summed E-state index contributed by atoms with van der Waals surface area (Å²) in [6, 6.07) is 4.15. The van der Waals surface area contributed by atoms with Crippen molar-refractivity contribution >= 4 is 0 Å². The van der Waals surface area contributed by atoms with Gasteiger partial charge in [0.25, 0.3) is 0 Å². The van der Waals surface area contributed by atoms with E-state index in [4.69, 9.17) is 4.74 Å². The number of rotatable bonds is 2. The fourth-order valence-corrected chi connectivity index (χ4v) is 1.75. The molecule has 0 bridgehead atoms. The summed E-state index contributed by atoms with van der Waals surface area (Å²) in [5.41, 5.74) is 2.07. The van der Waals surface area contributed by atoms with Gasteiger partial charge in [-0.2, -0.15) is 0 Å². The van der Waals surface area contributed by atoms with E-state index < -0.39 is 0 Å². The molecule has 1 aromatic rings. The molecule has 1 aliphatic rings. The van der Waals surface area contributed by atoms with Gasteiger partial charge in [-0.15, -0.1) is 0 Å². The topological polar surface area (TPSA) is 41.5 Å². The van der Waals surface area contributed by atoms with Gasteiger partial charge in [0.15, 0.2) is 11.5 Å². The molecule has 1 atom stereocenters. The number of phenolic OH excluding ortho intramolecular Hbond substituents is 1. The van der Waals surface area contributed by atoms with Gasteiger partial charge in [0.1, 0.15) is 0 Å². The Labute approximate surface area is 83.7 Å². The smallest absolute Gasteiger partial charge is 0.162 e. The highest BCUT2D eigenvalue weighted by Crippen LogP contribution is 2.37. The largest absolute Gasteiger partial charge is 0.504 e. The van der Waals surface area contributed by atoms with Crippen LogP contribution in [-0.2, 0) is 0 Å². The molecule has 1 aliphatic heterocycles. The molecular formula is C11H15NO2. The first-order valence-electron chi connectivity index (χ1n) is 4.83. The second-order valence-electron chi connectivity index (χ2n) is 3.70. The van der Waals surface area contributed by atoms with E-state index >= 15 is 0 Å². The molecule has 3 heteroatoms. The lowest BCUT2D eigenvalue weighted by Gasteiger charge is -2.29. The fraction of sp³-hybridized carbons (Fsp3) is 0.455. The molecular weight excluding hydrogens is 178 g/mol. The second-order valence-corrected chi connectivity index (χ2v) is 3.70. The van der Waals surface area contributed by atoms with Crippen LogP contribution in [0.25, 0.3) is 0 Å². The van der Waals surface area contributed by atoms with Crippen molar-refractivity contribution in [3.63, 3.8) is 0 Å². The van der Waals surface area contributed by atoms with E-state index in [-0.39, 0.29) is 5.75 Å². The molecule has 0 spiro atoms. The molecule has 1 heterocycles. The van der Waals surface area contributed by atoms with Crippen LogP contribution in [0.2, 0.25) is 0 Å². The Morgan fingerprint density at radius 1 is 1.50 bits per heavy atom. The first kappa shape index (κ1) is 9.34. The van der Waals surface area contributed by atoms with Gasteiger partial charge in [-0.25, -0.2) is 0 Å². The van der Waals surface area contributed by atoms with Crippen molar-refractivity contribution in [1.29, 1.82) is 0 Å². The average Bonchev–Trinajstić information content (AvgIpc) is 2.07. The molecule has 0 aromatic heterocycles. The number of ether oxygens (including phenoxy) is 1. The van der Waals surface area contributed by atoms with Crippen LogP contribution < -0.4 is 10.1 Å². The Bertz CT molecular complexity index is 345. The third-order valence-electron chi connectivity index (χ3n) is 2.67. The number of hydrogen-bond acceptors (Lipinski definition) is 3. The maximum Gasteiger partial charge on any atom is 0.162 e. The molecule has 0 amide bonds. The van der Waals surface area contributed by atoms with Gasteiger partial charge in [-0.05, 0) is 31.5 Å². The van der Waals surface area contributed by atoms with Gasteiger partial charge in [0.05, 0.1) is 7.11 Å². The zero-order valence-corrected chi connectivity index (χ0v) is 8.50. The number of benzene rings is 1. The Morgan fingerprint density at radius 2 is 2.21 bits per heavy atom. The highest BCUT2D eigenvalue weighted by atomic mass is 16.5. The molecule has 76 valence electrons. The van der Waals surface area contributed by atoms with Crippen LogP contribution in [0.5, 0.6) is 11.5 Å². The van der Waals surface area contributed by atoms with E-state index in [0.29, 0.717) is 11.8 Å². The molecule has 0 radical (unpaired) electrons. The summed E-state index contributed by atoms with van der Waals surface area (Å²) in [4.78, 5) is 0. The molecule has 1 fully saturated rings. The van der Waals surface area contributed by atoms with Crippen molar-refractivity contribution in [2.24, 2.45) is 0 Å². The number of phenols is 1. The first-order valence-corrected chi connectivity index (χ1v) is 4.83. The van der Waals surface area contributed by atoms with Gasteiger partial charge < -0.3 is 15.2 Å². The third kappa shape index (κ3) is 1.44. The fourth-order valence-electron chi connectivity index (χ4n) is 1.75. The summed E-state index contributed by atoms with van der Waals surface area (Å²) in [6.07, 6.45) is 1.08. The summed E-state index contributed by atoms with van der Waals surface area (Å²) < 4.78 is 5.11. The minimum absolute atomic E-state index is 0.273. The molecule has 2 N–H and O–H groups in total. The van der Waals surface area contributed by atoms with E-state index in [1.165, 1.54) is 0 Å². The van der Waals surface area contributed by atoms with Crippen molar-refractivity contribution in [3.8, 4) is 11.5 Å². The Hall–Kier alpha value is -1.22. The van der Waals surface area contributed by atoms with E-state index in [1.807, 2.05) is 19.1 Å². The minimum atomic E-state index is 0.273. The van der Waals surface area contributed by atoms with E-state index in [1.54, 1.807) is 7.11 Å². The third-order valence-corrected chi connectivity index (χ3v) is 2.67. The molecule has 0 saturated carbocycles. The summed E-state index contributed by atoms with van der Waals surface area (Å²) in [6.45, 7) is 3.03. The van der Waals surface area contributed by atoms with Crippen LogP contribution >= 0.6 is 0 Å². The average molecular weight is 193 g/mol. The monoisotopic (exact) mass is 193 g/mol. The predicted molar refractivity (Wildman–Crippen MR) is 54.8 cm³/mol. The van der Waals surface area contributed by atoms with Crippen LogP contribution in [0.3, 0.4) is 0 Å². The van der Waals surface area contributed by atoms with Crippen molar-refractivity contribution in [2.75, 3.05) is 13.7 Å². The lowest BCUT2D eigenvalue weighted by Crippen LogP contribution is -2.35. The molecule has 3 nitrogen and oxygen atoms in total. The number of aryl methyl sites for hydroxylation is 1. The first-order chi connectivity index (χ1) is 6.72. The minimum Gasteiger partial charge on any atom is -0.504 e. The molecule has 1 aromatic carbocycles. The summed E-state index contributed by atoms with van der Waals surface area (Å²) in [7, 11) is 1.58. The molecule has 2 rings (SSSR count). The summed E-state index contributed by atoms with van der Waals surface area (Å²) >= 11 is 0. The zero-order chi connectivity index (χ0) is 10.1. The second kappa shape index (κ2) is 3.50. The van der Waals surface area contributed by atoms with E-state index in [9.17, 15) is 5.11 Å². The Morgan fingerprint density at radius 3 is 2.71 bits per heavy atom. The summed E-state index contributed by atoms with van der Waals surface area (Å²) in [5.74, 6) is 0.837. The van der Waals surface area contributed by atoms with E-state index in [2.05, 4.69) is 5.32 Å². The van der Waals surface area contributed by atoms with Gasteiger partial charge in [-0.1, -0.05) is 6.07 Å². The highest BCUT2D eigenvalue weighted by Gasteiger charge is 2.23. The van der Waals surface area contributed by atoms with Crippen molar-refractivity contribution in [3.05, 3.63) is 23.3 Å². The van der Waals surface area contributed by atoms with Gasteiger partial charge in [0, 0.05) is 11.6 Å². The molecule has 0 unspecified atom stereocenters. The van der Waals surface area contributed by atoms with Crippen LogP contribution in [0, 0.1) is 6.92 Å². The zero-order valence-electron chi connectivity index (χ0n) is 8.50. The number of aromatic hydroxyl groups is 1.